The van der Waals surface area contributed by atoms with Crippen molar-refractivity contribution in [2.45, 2.75) is 24.3 Å². The molecule has 1 aliphatic carbocycles. The minimum absolute atomic E-state index is 0.0349. The van der Waals surface area contributed by atoms with Crippen LogP contribution >= 0.6 is 0 Å². The van der Waals surface area contributed by atoms with E-state index in [0.29, 0.717) is 11.5 Å². The van der Waals surface area contributed by atoms with Gasteiger partial charge in [0.05, 0.1) is 30.8 Å². The summed E-state index contributed by atoms with van der Waals surface area (Å²) in [5.41, 5.74) is 6.61. The van der Waals surface area contributed by atoms with Gasteiger partial charge in [0.2, 0.25) is 5.91 Å². The molecule has 37 heavy (non-hydrogen) atoms. The maximum Gasteiger partial charge on any atom is 0.235 e. The molecule has 188 valence electrons. The van der Waals surface area contributed by atoms with Crippen LogP contribution in [0, 0.1) is 0 Å². The summed E-state index contributed by atoms with van der Waals surface area (Å²) in [5.74, 6) is 1.38. The quantitative estimate of drug-likeness (QED) is 0.370. The first-order chi connectivity index (χ1) is 17.9. The third-order valence-electron chi connectivity index (χ3n) is 7.55. The molecule has 2 aliphatic rings. The summed E-state index contributed by atoms with van der Waals surface area (Å²) in [5, 5.41) is 11.8. The molecule has 7 heteroatoms. The molecule has 2 N–H and O–H groups in total. The number of nitrogens with zero attached hydrogens (tertiary/aromatic N) is 2. The van der Waals surface area contributed by atoms with Crippen molar-refractivity contribution in [2.75, 3.05) is 33.6 Å². The lowest BCUT2D eigenvalue weighted by Crippen LogP contribution is -2.21. The molecule has 7 nitrogen and oxygen atoms in total. The number of carbonyl (C=O) groups excluding carboxylic acids is 1. The number of anilines is 1. The molecule has 1 aliphatic heterocycles. The predicted octanol–water partition coefficient (Wildman–Crippen LogP) is 5.19. The third-order valence-corrected chi connectivity index (χ3v) is 7.55. The fourth-order valence-electron chi connectivity index (χ4n) is 5.60. The number of aromatic nitrogens is 2. The zero-order valence-corrected chi connectivity index (χ0v) is 21.5. The van der Waals surface area contributed by atoms with E-state index in [4.69, 9.17) is 9.47 Å². The van der Waals surface area contributed by atoms with Crippen LogP contribution in [0.15, 0.2) is 54.6 Å². The monoisotopic (exact) mass is 494 g/mol. The molecule has 1 saturated carbocycles. The second kappa shape index (κ2) is 8.78. The van der Waals surface area contributed by atoms with Gasteiger partial charge in [0.15, 0.2) is 11.5 Å². The third kappa shape index (κ3) is 3.86. The van der Waals surface area contributed by atoms with Gasteiger partial charge in [-0.25, -0.2) is 0 Å². The van der Waals surface area contributed by atoms with E-state index in [1.165, 1.54) is 5.56 Å². The number of carbonyl (C=O) groups is 1. The van der Waals surface area contributed by atoms with Crippen LogP contribution in [0.2, 0.25) is 0 Å². The molecule has 1 fully saturated rings. The van der Waals surface area contributed by atoms with Gasteiger partial charge in [-0.05, 0) is 61.0 Å². The summed E-state index contributed by atoms with van der Waals surface area (Å²) < 4.78 is 10.9. The molecule has 4 aromatic rings. The highest BCUT2D eigenvalue weighted by atomic mass is 16.5. The highest BCUT2D eigenvalue weighted by molar-refractivity contribution is 6.10. The number of hydrogen-bond donors (Lipinski definition) is 2. The summed E-state index contributed by atoms with van der Waals surface area (Å²) in [6, 6.07) is 18.7. The average molecular weight is 495 g/mol. The van der Waals surface area contributed by atoms with Crippen molar-refractivity contribution in [3.63, 3.8) is 0 Å². The topological polar surface area (TPSA) is 79.5 Å². The number of ether oxygens (including phenoxy) is 2. The lowest BCUT2D eigenvalue weighted by molar-refractivity contribution is -0.118. The van der Waals surface area contributed by atoms with Crippen molar-refractivity contribution in [1.29, 1.82) is 0 Å². The highest BCUT2D eigenvalue weighted by Gasteiger charge is 2.65. The summed E-state index contributed by atoms with van der Waals surface area (Å²) in [6.45, 7) is 0.924. The number of methoxy groups -OCH3 is 2. The number of amides is 1. The van der Waals surface area contributed by atoms with Gasteiger partial charge in [0.25, 0.3) is 0 Å². The van der Waals surface area contributed by atoms with Crippen molar-refractivity contribution >= 4 is 34.6 Å². The maximum absolute atomic E-state index is 13.1. The zero-order chi connectivity index (χ0) is 25.7. The molecule has 0 saturated heterocycles. The number of fused-ring (bicyclic) bond motifs is 3. The number of rotatable bonds is 7. The molecule has 3 aromatic carbocycles. The Balaban J connectivity index is 1.25. The standard InChI is InChI=1S/C30H30N4O3/c1-34(2)17-19-7-5-18(6-8-19)9-12-24-21-11-10-20(13-25(21)33-32-24)23-16-30(23)22-14-27(36-3)28(37-4)15-26(22)31-29(30)35/h5-15,23H,16-17H2,1-4H3,(H,31,35)(H,32,33)/b12-9+. The molecular formula is C30H30N4O3. The van der Waals surface area contributed by atoms with E-state index >= 15 is 0 Å². The van der Waals surface area contributed by atoms with E-state index in [-0.39, 0.29) is 11.8 Å². The van der Waals surface area contributed by atoms with Crippen molar-refractivity contribution in [2.24, 2.45) is 0 Å². The van der Waals surface area contributed by atoms with Crippen molar-refractivity contribution in [1.82, 2.24) is 15.1 Å². The molecule has 1 amide bonds. The number of aromatic amines is 1. The Bertz CT molecular complexity index is 1540. The molecule has 1 aromatic heterocycles. The van der Waals surface area contributed by atoms with Gasteiger partial charge in [-0.1, -0.05) is 42.5 Å². The Kier molecular flexibility index (Phi) is 5.53. The van der Waals surface area contributed by atoms with Crippen LogP contribution in [0.4, 0.5) is 5.69 Å². The van der Waals surface area contributed by atoms with Crippen LogP contribution in [0.5, 0.6) is 11.5 Å². The Morgan fingerprint density at radius 1 is 1.03 bits per heavy atom. The lowest BCUT2D eigenvalue weighted by Gasteiger charge is -2.13. The summed E-state index contributed by atoms with van der Waals surface area (Å²) in [6.07, 6.45) is 4.89. The van der Waals surface area contributed by atoms with Crippen LogP contribution in [0.25, 0.3) is 23.1 Å². The summed E-state index contributed by atoms with van der Waals surface area (Å²) in [7, 11) is 7.35. The number of benzene rings is 3. The van der Waals surface area contributed by atoms with Crippen LogP contribution in [-0.2, 0) is 16.8 Å². The fourth-order valence-corrected chi connectivity index (χ4v) is 5.60. The lowest BCUT2D eigenvalue weighted by atomic mass is 9.91. The second-order valence-electron chi connectivity index (χ2n) is 10.2. The van der Waals surface area contributed by atoms with Crippen LogP contribution < -0.4 is 14.8 Å². The number of hydrogen-bond acceptors (Lipinski definition) is 5. The largest absolute Gasteiger partial charge is 0.493 e. The Labute approximate surface area is 216 Å². The minimum Gasteiger partial charge on any atom is -0.493 e. The van der Waals surface area contributed by atoms with Crippen LogP contribution in [0.1, 0.15) is 40.3 Å². The summed E-state index contributed by atoms with van der Waals surface area (Å²) in [4.78, 5) is 15.3. The maximum atomic E-state index is 13.1. The normalized spacial score (nSPS) is 20.1. The highest BCUT2D eigenvalue weighted by Crippen LogP contribution is 2.66. The van der Waals surface area contributed by atoms with E-state index in [1.54, 1.807) is 14.2 Å². The van der Waals surface area contributed by atoms with Gasteiger partial charge in [-0.15, -0.1) is 0 Å². The number of H-pyrrole nitrogens is 1. The van der Waals surface area contributed by atoms with Crippen molar-refractivity contribution in [3.8, 4) is 11.5 Å². The van der Waals surface area contributed by atoms with Crippen molar-refractivity contribution in [3.05, 3.63) is 82.5 Å². The second-order valence-corrected chi connectivity index (χ2v) is 10.2. The molecule has 1 spiro atoms. The Hall–Kier alpha value is -4.10. The molecule has 2 atom stereocenters. The first kappa shape index (κ1) is 23.3. The minimum atomic E-state index is -0.565. The fraction of sp³-hybridized carbons (Fsp3) is 0.267. The zero-order valence-electron chi connectivity index (χ0n) is 21.5. The molecule has 6 rings (SSSR count). The van der Waals surface area contributed by atoms with E-state index in [2.05, 4.69) is 83.0 Å². The smallest absolute Gasteiger partial charge is 0.235 e. The van der Waals surface area contributed by atoms with E-state index in [1.807, 2.05) is 18.2 Å². The average Bonchev–Trinajstić information content (AvgIpc) is 3.44. The van der Waals surface area contributed by atoms with Gasteiger partial charge in [-0.3, -0.25) is 9.89 Å². The SMILES string of the molecule is COc1cc2c(cc1OC)C1(CC1c1ccc3c(/C=C/c4ccc(CN(C)C)cc4)n[nH]c3c1)C(=O)N2. The van der Waals surface area contributed by atoms with Crippen LogP contribution in [0.3, 0.4) is 0 Å². The van der Waals surface area contributed by atoms with Crippen LogP contribution in [-0.4, -0.2) is 49.3 Å². The van der Waals surface area contributed by atoms with Gasteiger partial charge in [0.1, 0.15) is 0 Å². The van der Waals surface area contributed by atoms with Gasteiger partial charge in [0, 0.05) is 29.6 Å². The van der Waals surface area contributed by atoms with Crippen molar-refractivity contribution < 1.29 is 14.3 Å². The predicted molar refractivity (Wildman–Crippen MR) is 146 cm³/mol. The molecule has 2 unspecified atom stereocenters. The summed E-state index contributed by atoms with van der Waals surface area (Å²) >= 11 is 0. The van der Waals surface area contributed by atoms with Gasteiger partial charge < -0.3 is 19.7 Å². The molecular weight excluding hydrogens is 464 g/mol. The molecule has 0 radical (unpaired) electrons. The van der Waals surface area contributed by atoms with E-state index < -0.39 is 5.41 Å². The molecule has 2 heterocycles. The number of nitrogens with one attached hydrogen (secondary N) is 2. The first-order valence-corrected chi connectivity index (χ1v) is 12.4. The van der Waals surface area contributed by atoms with E-state index in [0.717, 1.165) is 51.9 Å². The Morgan fingerprint density at radius 3 is 2.51 bits per heavy atom. The Morgan fingerprint density at radius 2 is 1.78 bits per heavy atom. The first-order valence-electron chi connectivity index (χ1n) is 12.4. The van der Waals surface area contributed by atoms with Gasteiger partial charge in [-0.2, -0.15) is 5.10 Å². The van der Waals surface area contributed by atoms with E-state index in [9.17, 15) is 4.79 Å². The molecule has 0 bridgehead atoms. The van der Waals surface area contributed by atoms with Gasteiger partial charge >= 0.3 is 0 Å².